The van der Waals surface area contributed by atoms with Crippen LogP contribution in [0.1, 0.15) is 50.4 Å². The molecule has 96 valence electrons. The molecule has 1 atom stereocenters. The number of rotatable bonds is 3. The molecule has 0 bridgehead atoms. The first kappa shape index (κ1) is 14.7. The van der Waals surface area contributed by atoms with Crippen molar-refractivity contribution in [2.75, 3.05) is 6.54 Å². The SMILES string of the molecule is CCNC(c1cc(C)c(Br)c(C)c1)C(C)(C)C. The molecule has 17 heavy (non-hydrogen) atoms. The predicted molar refractivity (Wildman–Crippen MR) is 79.5 cm³/mol. The van der Waals surface area contributed by atoms with Gasteiger partial charge in [-0.15, -0.1) is 0 Å². The van der Waals surface area contributed by atoms with Gasteiger partial charge in [0.15, 0.2) is 0 Å². The normalized spacial score (nSPS) is 13.8. The molecule has 0 radical (unpaired) electrons. The molecule has 1 aromatic carbocycles. The second kappa shape index (κ2) is 5.53. The van der Waals surface area contributed by atoms with Crippen molar-refractivity contribution in [1.82, 2.24) is 5.32 Å². The lowest BCUT2D eigenvalue weighted by Gasteiger charge is -2.32. The van der Waals surface area contributed by atoms with Gasteiger partial charge in [-0.1, -0.05) is 55.8 Å². The zero-order chi connectivity index (χ0) is 13.2. The van der Waals surface area contributed by atoms with Crippen molar-refractivity contribution < 1.29 is 0 Å². The van der Waals surface area contributed by atoms with E-state index in [-0.39, 0.29) is 5.41 Å². The van der Waals surface area contributed by atoms with Crippen LogP contribution < -0.4 is 5.32 Å². The van der Waals surface area contributed by atoms with Gasteiger partial charge in [0.05, 0.1) is 0 Å². The highest BCUT2D eigenvalue weighted by molar-refractivity contribution is 9.10. The van der Waals surface area contributed by atoms with Crippen LogP contribution in [0.4, 0.5) is 0 Å². The molecule has 0 aliphatic heterocycles. The average molecular weight is 298 g/mol. The number of aryl methyl sites for hydroxylation is 2. The molecule has 0 heterocycles. The Balaban J connectivity index is 3.20. The molecule has 2 heteroatoms. The Hall–Kier alpha value is -0.340. The van der Waals surface area contributed by atoms with Crippen molar-refractivity contribution in [1.29, 1.82) is 0 Å². The Labute approximate surface area is 114 Å². The summed E-state index contributed by atoms with van der Waals surface area (Å²) in [5, 5.41) is 3.60. The Kier molecular flexibility index (Phi) is 4.79. The Bertz CT molecular complexity index is 367. The summed E-state index contributed by atoms with van der Waals surface area (Å²) in [7, 11) is 0. The van der Waals surface area contributed by atoms with Gasteiger partial charge in [0.1, 0.15) is 0 Å². The van der Waals surface area contributed by atoms with Crippen LogP contribution in [0.15, 0.2) is 16.6 Å². The Morgan fingerprint density at radius 1 is 1.18 bits per heavy atom. The lowest BCUT2D eigenvalue weighted by Crippen LogP contribution is -2.32. The largest absolute Gasteiger partial charge is 0.310 e. The standard InChI is InChI=1S/C15H24BrN/c1-7-17-14(15(4,5)6)12-8-10(2)13(16)11(3)9-12/h8-9,14,17H,7H2,1-6H3. The van der Waals surface area contributed by atoms with Crippen LogP contribution >= 0.6 is 15.9 Å². The smallest absolute Gasteiger partial charge is 0.0369 e. The molecule has 0 fully saturated rings. The Morgan fingerprint density at radius 3 is 2.00 bits per heavy atom. The predicted octanol–water partition coefficient (Wildman–Crippen LogP) is 4.76. The third kappa shape index (κ3) is 3.56. The van der Waals surface area contributed by atoms with E-state index in [1.54, 1.807) is 0 Å². The highest BCUT2D eigenvalue weighted by Crippen LogP contribution is 2.35. The summed E-state index contributed by atoms with van der Waals surface area (Å²) in [5.74, 6) is 0. The van der Waals surface area contributed by atoms with E-state index in [2.05, 4.69) is 74.9 Å². The van der Waals surface area contributed by atoms with Gasteiger partial charge in [-0.3, -0.25) is 0 Å². The molecule has 0 spiro atoms. The third-order valence-corrected chi connectivity index (χ3v) is 4.32. The summed E-state index contributed by atoms with van der Waals surface area (Å²) in [6, 6.07) is 4.98. The summed E-state index contributed by atoms with van der Waals surface area (Å²) < 4.78 is 1.23. The molecule has 0 aromatic heterocycles. The van der Waals surface area contributed by atoms with Crippen LogP contribution in [0.2, 0.25) is 0 Å². The molecule has 1 rings (SSSR count). The quantitative estimate of drug-likeness (QED) is 0.848. The molecule has 1 N–H and O–H groups in total. The number of hydrogen-bond donors (Lipinski definition) is 1. The molecule has 0 amide bonds. The van der Waals surface area contributed by atoms with Gasteiger partial charge in [-0.05, 0) is 42.5 Å². The third-order valence-electron chi connectivity index (χ3n) is 3.07. The fraction of sp³-hybridized carbons (Fsp3) is 0.600. The molecule has 0 saturated carbocycles. The average Bonchev–Trinajstić information content (AvgIpc) is 2.20. The lowest BCUT2D eigenvalue weighted by atomic mass is 9.81. The Morgan fingerprint density at radius 2 is 1.65 bits per heavy atom. The van der Waals surface area contributed by atoms with Crippen molar-refractivity contribution in [3.63, 3.8) is 0 Å². The van der Waals surface area contributed by atoms with Crippen LogP contribution in [-0.2, 0) is 0 Å². The first-order chi connectivity index (χ1) is 7.77. The summed E-state index contributed by atoms with van der Waals surface area (Å²) in [5.41, 5.74) is 4.24. The first-order valence-electron chi connectivity index (χ1n) is 6.27. The van der Waals surface area contributed by atoms with Crippen molar-refractivity contribution >= 4 is 15.9 Å². The van der Waals surface area contributed by atoms with E-state index in [9.17, 15) is 0 Å². The van der Waals surface area contributed by atoms with E-state index in [4.69, 9.17) is 0 Å². The molecule has 1 aromatic rings. The molecule has 0 saturated heterocycles. The van der Waals surface area contributed by atoms with Crippen LogP contribution in [0.5, 0.6) is 0 Å². The molecular formula is C15H24BrN. The minimum atomic E-state index is 0.225. The van der Waals surface area contributed by atoms with E-state index in [0.717, 1.165) is 6.54 Å². The molecule has 0 aliphatic rings. The second-order valence-electron chi connectivity index (χ2n) is 5.83. The summed E-state index contributed by atoms with van der Waals surface area (Å²) >= 11 is 3.63. The first-order valence-corrected chi connectivity index (χ1v) is 7.06. The van der Waals surface area contributed by atoms with E-state index >= 15 is 0 Å². The number of benzene rings is 1. The molecule has 0 aliphatic carbocycles. The van der Waals surface area contributed by atoms with Gasteiger partial charge in [0, 0.05) is 10.5 Å². The van der Waals surface area contributed by atoms with Crippen molar-refractivity contribution in [2.45, 2.75) is 47.6 Å². The van der Waals surface area contributed by atoms with Gasteiger partial charge in [0.2, 0.25) is 0 Å². The molecule has 1 unspecified atom stereocenters. The van der Waals surface area contributed by atoms with E-state index < -0.39 is 0 Å². The number of halogens is 1. The maximum absolute atomic E-state index is 3.63. The van der Waals surface area contributed by atoms with E-state index in [1.165, 1.54) is 21.2 Å². The van der Waals surface area contributed by atoms with E-state index in [0.29, 0.717) is 6.04 Å². The topological polar surface area (TPSA) is 12.0 Å². The number of nitrogens with one attached hydrogen (secondary N) is 1. The zero-order valence-corrected chi connectivity index (χ0v) is 13.4. The van der Waals surface area contributed by atoms with Crippen LogP contribution in [0.3, 0.4) is 0 Å². The fourth-order valence-electron chi connectivity index (χ4n) is 2.27. The fourth-order valence-corrected chi connectivity index (χ4v) is 2.50. The van der Waals surface area contributed by atoms with E-state index in [1.807, 2.05) is 0 Å². The van der Waals surface area contributed by atoms with Crippen molar-refractivity contribution in [2.24, 2.45) is 5.41 Å². The monoisotopic (exact) mass is 297 g/mol. The maximum atomic E-state index is 3.63. The zero-order valence-electron chi connectivity index (χ0n) is 11.8. The lowest BCUT2D eigenvalue weighted by molar-refractivity contribution is 0.276. The maximum Gasteiger partial charge on any atom is 0.0369 e. The summed E-state index contributed by atoms with van der Waals surface area (Å²) in [4.78, 5) is 0. The number of hydrogen-bond acceptors (Lipinski definition) is 1. The minimum absolute atomic E-state index is 0.225. The van der Waals surface area contributed by atoms with Crippen molar-refractivity contribution in [3.05, 3.63) is 33.3 Å². The molecule has 1 nitrogen and oxygen atoms in total. The second-order valence-corrected chi connectivity index (χ2v) is 6.62. The highest BCUT2D eigenvalue weighted by Gasteiger charge is 2.25. The summed E-state index contributed by atoms with van der Waals surface area (Å²) in [6.07, 6.45) is 0. The van der Waals surface area contributed by atoms with Gasteiger partial charge < -0.3 is 5.32 Å². The van der Waals surface area contributed by atoms with Gasteiger partial charge in [-0.2, -0.15) is 0 Å². The van der Waals surface area contributed by atoms with Gasteiger partial charge in [0.25, 0.3) is 0 Å². The van der Waals surface area contributed by atoms with Crippen LogP contribution in [0, 0.1) is 19.3 Å². The molecular weight excluding hydrogens is 274 g/mol. The van der Waals surface area contributed by atoms with Crippen LogP contribution in [-0.4, -0.2) is 6.54 Å². The highest BCUT2D eigenvalue weighted by atomic mass is 79.9. The summed E-state index contributed by atoms with van der Waals surface area (Å²) in [6.45, 7) is 14.3. The van der Waals surface area contributed by atoms with Gasteiger partial charge >= 0.3 is 0 Å². The van der Waals surface area contributed by atoms with Crippen molar-refractivity contribution in [3.8, 4) is 0 Å². The van der Waals surface area contributed by atoms with Crippen LogP contribution in [0.25, 0.3) is 0 Å². The van der Waals surface area contributed by atoms with Gasteiger partial charge in [-0.25, -0.2) is 0 Å². The minimum Gasteiger partial charge on any atom is -0.310 e.